The normalized spacial score (nSPS) is 12.6. The zero-order valence-electron chi connectivity index (χ0n) is 18.7. The molecule has 16 heteroatoms. The van der Waals surface area contributed by atoms with Crippen LogP contribution in [0.4, 0.5) is 40.8 Å². The summed E-state index contributed by atoms with van der Waals surface area (Å²) in [6.45, 7) is 0. The van der Waals surface area contributed by atoms with Crippen molar-refractivity contribution in [3.05, 3.63) is 77.0 Å². The Balaban J connectivity index is 1.76. The fraction of sp³-hybridized carbons (Fsp3) is 0.182. The van der Waals surface area contributed by atoms with Gasteiger partial charge in [0.05, 0.1) is 16.8 Å². The van der Waals surface area contributed by atoms with Gasteiger partial charge in [-0.1, -0.05) is 17.7 Å². The first-order valence-corrected chi connectivity index (χ1v) is 10.6. The zero-order valence-corrected chi connectivity index (χ0v) is 19.5. The Kier molecular flexibility index (Phi) is 6.67. The van der Waals surface area contributed by atoms with Gasteiger partial charge >= 0.3 is 18.3 Å². The fourth-order valence-electron chi connectivity index (χ4n) is 3.49. The molecule has 0 unspecified atom stereocenters. The molecule has 4 rings (SSSR count). The van der Waals surface area contributed by atoms with Gasteiger partial charge < -0.3 is 5.32 Å². The molecule has 1 amide bonds. The summed E-state index contributed by atoms with van der Waals surface area (Å²) in [5.74, 6) is -7.69. The summed E-state index contributed by atoms with van der Waals surface area (Å²) in [6.07, 6.45) is -7.11. The van der Waals surface area contributed by atoms with Crippen LogP contribution in [-0.4, -0.2) is 36.6 Å². The predicted octanol–water partition coefficient (Wildman–Crippen LogP) is 6.25. The van der Waals surface area contributed by atoms with Gasteiger partial charge in [-0.3, -0.25) is 9.78 Å². The van der Waals surface area contributed by atoms with Crippen molar-refractivity contribution in [1.29, 1.82) is 0 Å². The van der Waals surface area contributed by atoms with Crippen LogP contribution in [0.15, 0.2) is 55.1 Å². The van der Waals surface area contributed by atoms with Gasteiger partial charge in [0, 0.05) is 36.9 Å². The Morgan fingerprint density at radius 2 is 1.63 bits per heavy atom. The molecule has 0 saturated heterocycles. The molecule has 0 spiro atoms. The van der Waals surface area contributed by atoms with Gasteiger partial charge in [0.15, 0.2) is 11.5 Å². The number of carbonyl (C=O) groups is 1. The van der Waals surface area contributed by atoms with E-state index in [0.29, 0.717) is 10.4 Å². The van der Waals surface area contributed by atoms with Gasteiger partial charge in [0.25, 0.3) is 5.91 Å². The first-order chi connectivity index (χ1) is 17.6. The lowest BCUT2D eigenvalue weighted by Crippen LogP contribution is -2.36. The van der Waals surface area contributed by atoms with Crippen LogP contribution in [0.5, 0.6) is 0 Å². The summed E-state index contributed by atoms with van der Waals surface area (Å²) < 4.78 is 109. The van der Waals surface area contributed by atoms with E-state index in [1.54, 1.807) is 0 Å². The summed E-state index contributed by atoms with van der Waals surface area (Å²) in [6, 6.07) is 7.08. The quantitative estimate of drug-likeness (QED) is 0.291. The van der Waals surface area contributed by atoms with Crippen molar-refractivity contribution in [3.8, 4) is 16.9 Å². The average Bonchev–Trinajstić information content (AvgIpc) is 3.44. The maximum Gasteiger partial charge on any atom is 0.459 e. The van der Waals surface area contributed by atoms with Crippen molar-refractivity contribution in [2.75, 3.05) is 5.32 Å². The first kappa shape index (κ1) is 27.0. The van der Waals surface area contributed by atoms with Crippen molar-refractivity contribution in [3.63, 3.8) is 0 Å². The van der Waals surface area contributed by atoms with Crippen LogP contribution in [0.2, 0.25) is 5.02 Å². The van der Waals surface area contributed by atoms with E-state index in [1.807, 2.05) is 0 Å². The highest BCUT2D eigenvalue weighted by Gasteiger charge is 2.64. The third-order valence-electron chi connectivity index (χ3n) is 5.24. The molecule has 3 aromatic heterocycles. The monoisotopic (exact) mass is 564 g/mol. The number of nitrogens with zero attached hydrogens (tertiary/aromatic N) is 5. The van der Waals surface area contributed by atoms with Crippen LogP contribution in [0.3, 0.4) is 0 Å². The number of aromatic nitrogens is 5. The summed E-state index contributed by atoms with van der Waals surface area (Å²) in [5, 5.41) is 9.19. The van der Waals surface area contributed by atoms with Gasteiger partial charge in [-0.15, -0.1) is 0 Å². The van der Waals surface area contributed by atoms with E-state index >= 15 is 0 Å². The minimum absolute atomic E-state index is 0.0163. The number of alkyl halides is 8. The topological polar surface area (TPSA) is 77.6 Å². The molecule has 0 aliphatic carbocycles. The first-order valence-electron chi connectivity index (χ1n) is 10.3. The van der Waals surface area contributed by atoms with Crippen molar-refractivity contribution < 1.29 is 39.9 Å². The highest BCUT2D eigenvalue weighted by molar-refractivity contribution is 6.34. The van der Waals surface area contributed by atoms with Crippen LogP contribution in [0.1, 0.15) is 21.6 Å². The fourth-order valence-corrected chi connectivity index (χ4v) is 3.70. The van der Waals surface area contributed by atoms with Crippen LogP contribution in [0, 0.1) is 0 Å². The molecule has 3 heterocycles. The predicted molar refractivity (Wildman–Crippen MR) is 118 cm³/mol. The van der Waals surface area contributed by atoms with E-state index in [0.717, 1.165) is 19.4 Å². The smallest absolute Gasteiger partial charge is 0.322 e. The lowest BCUT2D eigenvalue weighted by Gasteiger charge is -2.19. The summed E-state index contributed by atoms with van der Waals surface area (Å²) in [4.78, 5) is 16.5. The lowest BCUT2D eigenvalue weighted by atomic mass is 10.1. The highest BCUT2D eigenvalue weighted by atomic mass is 35.5. The lowest BCUT2D eigenvalue weighted by molar-refractivity contribution is -0.292. The summed E-state index contributed by atoms with van der Waals surface area (Å²) in [5.41, 5.74) is -4.09. The molecule has 38 heavy (non-hydrogen) atoms. The molecule has 1 aromatic carbocycles. The van der Waals surface area contributed by atoms with E-state index in [1.165, 1.54) is 42.7 Å². The molecule has 0 aliphatic heterocycles. The molecular weight excluding hydrogens is 552 g/mol. The molecule has 0 saturated carbocycles. The Morgan fingerprint density at radius 1 is 0.974 bits per heavy atom. The van der Waals surface area contributed by atoms with E-state index in [-0.39, 0.29) is 26.4 Å². The number of benzene rings is 1. The van der Waals surface area contributed by atoms with E-state index in [9.17, 15) is 39.9 Å². The molecule has 0 fully saturated rings. The van der Waals surface area contributed by atoms with Crippen molar-refractivity contribution in [1.82, 2.24) is 24.5 Å². The Morgan fingerprint density at radius 3 is 2.24 bits per heavy atom. The minimum Gasteiger partial charge on any atom is -0.322 e. The van der Waals surface area contributed by atoms with Gasteiger partial charge in [-0.2, -0.15) is 45.3 Å². The Labute approximate surface area is 212 Å². The van der Waals surface area contributed by atoms with E-state index in [4.69, 9.17) is 11.6 Å². The second kappa shape index (κ2) is 9.38. The second-order valence-electron chi connectivity index (χ2n) is 7.80. The number of rotatable bonds is 5. The molecule has 1 N–H and O–H groups in total. The van der Waals surface area contributed by atoms with Gasteiger partial charge in [0.2, 0.25) is 0 Å². The molecule has 4 aromatic rings. The summed E-state index contributed by atoms with van der Waals surface area (Å²) in [7, 11) is 0.770. The average molecular weight is 565 g/mol. The molecule has 0 aliphatic rings. The van der Waals surface area contributed by atoms with Gasteiger partial charge in [-0.25, -0.2) is 9.36 Å². The number of pyridine rings is 1. The van der Waals surface area contributed by atoms with Crippen LogP contribution in [-0.2, 0) is 19.1 Å². The second-order valence-corrected chi connectivity index (χ2v) is 8.21. The third-order valence-corrected chi connectivity index (χ3v) is 5.57. The summed E-state index contributed by atoms with van der Waals surface area (Å²) >= 11 is 6.13. The van der Waals surface area contributed by atoms with Gasteiger partial charge in [0.1, 0.15) is 5.56 Å². The molecule has 0 radical (unpaired) electrons. The van der Waals surface area contributed by atoms with Gasteiger partial charge in [-0.05, 0) is 29.8 Å². The van der Waals surface area contributed by atoms with Crippen molar-refractivity contribution in [2.24, 2.45) is 7.05 Å². The highest BCUT2D eigenvalue weighted by Crippen LogP contribution is 2.49. The van der Waals surface area contributed by atoms with E-state index in [2.05, 4.69) is 20.5 Å². The SMILES string of the molecule is Cn1nc(C(F)(F)C(F)(F)F)c(C(F)(F)F)c1-n1cc(-c2ccc(Cl)c(C(=O)Nc3ccncc3)c2)cn1. The number of hydrogen-bond donors (Lipinski definition) is 1. The molecule has 0 bridgehead atoms. The standard InChI is InChI=1S/C22H13ClF8N6O/c1-36-19(16(21(26,27)28)17(35-36)20(24,25)22(29,30)31)37-10-12(9-33-37)11-2-3-15(23)14(8-11)18(38)34-13-4-6-32-7-5-13/h2-10H,1H3,(H,32,34,38). The van der Waals surface area contributed by atoms with Crippen LogP contribution < -0.4 is 5.32 Å². The van der Waals surface area contributed by atoms with E-state index < -0.39 is 41.3 Å². The molecule has 7 nitrogen and oxygen atoms in total. The minimum atomic E-state index is -6.33. The molecule has 200 valence electrons. The van der Waals surface area contributed by atoms with Crippen LogP contribution >= 0.6 is 11.6 Å². The maximum atomic E-state index is 14.0. The van der Waals surface area contributed by atoms with Crippen molar-refractivity contribution in [2.45, 2.75) is 18.3 Å². The number of halogens is 9. The molecule has 0 atom stereocenters. The number of anilines is 1. The molecular formula is C22H13ClF8N6O. The van der Waals surface area contributed by atoms with Crippen molar-refractivity contribution >= 4 is 23.2 Å². The third kappa shape index (κ3) is 4.92. The number of carbonyl (C=O) groups excluding carboxylic acids is 1. The zero-order chi connectivity index (χ0) is 28.0. The Hall–Kier alpha value is -4.01. The number of hydrogen-bond acceptors (Lipinski definition) is 4. The largest absolute Gasteiger partial charge is 0.459 e. The number of nitrogens with one attached hydrogen (secondary N) is 1. The van der Waals surface area contributed by atoms with Crippen LogP contribution in [0.25, 0.3) is 16.9 Å². The maximum absolute atomic E-state index is 14.0. The number of amides is 1. The Bertz CT molecular complexity index is 1490. The number of aryl methyl sites for hydroxylation is 1.